The van der Waals surface area contributed by atoms with Crippen LogP contribution in [0.15, 0.2) is 42.4 Å². The Morgan fingerprint density at radius 1 is 1.32 bits per heavy atom. The molecule has 0 aromatic carbocycles. The Kier molecular flexibility index (Phi) is 2.96. The van der Waals surface area contributed by atoms with Gasteiger partial charge in [0.1, 0.15) is 17.5 Å². The fourth-order valence-electron chi connectivity index (χ4n) is 3.22. The molecule has 6 heteroatoms. The summed E-state index contributed by atoms with van der Waals surface area (Å²) in [6.45, 7) is 2.77. The smallest absolute Gasteiger partial charge is 0.165 e. The van der Waals surface area contributed by atoms with Gasteiger partial charge in [0, 0.05) is 18.2 Å². The summed E-state index contributed by atoms with van der Waals surface area (Å²) < 4.78 is 1.85. The first kappa shape index (κ1) is 13.1. The van der Waals surface area contributed by atoms with Crippen LogP contribution >= 0.6 is 0 Å². The Balaban J connectivity index is 1.73. The van der Waals surface area contributed by atoms with Crippen LogP contribution in [0.5, 0.6) is 0 Å². The maximum Gasteiger partial charge on any atom is 0.165 e. The molecule has 0 fully saturated rings. The van der Waals surface area contributed by atoms with Crippen LogP contribution in [-0.4, -0.2) is 19.7 Å². The van der Waals surface area contributed by atoms with Gasteiger partial charge in [0.15, 0.2) is 11.5 Å². The van der Waals surface area contributed by atoms with Crippen LogP contribution in [-0.2, 0) is 6.54 Å². The van der Waals surface area contributed by atoms with Crippen molar-refractivity contribution < 1.29 is 0 Å². The van der Waals surface area contributed by atoms with E-state index >= 15 is 0 Å². The van der Waals surface area contributed by atoms with Crippen LogP contribution < -0.4 is 11.1 Å². The molecule has 2 heterocycles. The fraction of sp³-hybridized carbons (Fsp3) is 0.312. The number of nitrogens with one attached hydrogen (secondary N) is 1. The van der Waals surface area contributed by atoms with Gasteiger partial charge >= 0.3 is 0 Å². The largest absolute Gasteiger partial charge is 0.383 e. The highest BCUT2D eigenvalue weighted by Gasteiger charge is 2.28. The number of nitrogens with two attached hydrogens (primary N) is 1. The minimum Gasteiger partial charge on any atom is -0.383 e. The van der Waals surface area contributed by atoms with Crippen molar-refractivity contribution in [3.8, 4) is 0 Å². The lowest BCUT2D eigenvalue weighted by Gasteiger charge is -2.19. The average molecular weight is 294 g/mol. The van der Waals surface area contributed by atoms with E-state index in [2.05, 4.69) is 50.8 Å². The third-order valence-corrected chi connectivity index (χ3v) is 4.34. The van der Waals surface area contributed by atoms with Crippen LogP contribution in [0.1, 0.15) is 13.3 Å². The molecule has 112 valence electrons. The molecule has 2 aromatic heterocycles. The van der Waals surface area contributed by atoms with Crippen LogP contribution in [0.25, 0.3) is 11.0 Å². The lowest BCUT2D eigenvalue weighted by atomic mass is 9.90. The normalized spacial score (nSPS) is 22.9. The molecule has 2 aliphatic rings. The SMILES string of the molecule is CCn1nc(NC2=CCC3C=CC=CC23)c2c(N)ncnc21. The summed E-state index contributed by atoms with van der Waals surface area (Å²) in [7, 11) is 0. The minimum atomic E-state index is 0.387. The molecule has 0 bridgehead atoms. The first-order chi connectivity index (χ1) is 10.8. The Hall–Kier alpha value is -2.63. The molecule has 2 aliphatic carbocycles. The Morgan fingerprint density at radius 3 is 3.05 bits per heavy atom. The molecule has 4 rings (SSSR count). The van der Waals surface area contributed by atoms with Crippen molar-refractivity contribution in [3.05, 3.63) is 42.4 Å². The lowest BCUT2D eigenvalue weighted by Crippen LogP contribution is -2.14. The predicted molar refractivity (Wildman–Crippen MR) is 87.0 cm³/mol. The van der Waals surface area contributed by atoms with Crippen LogP contribution in [0.3, 0.4) is 0 Å². The van der Waals surface area contributed by atoms with Crippen molar-refractivity contribution in [1.29, 1.82) is 0 Å². The Bertz CT molecular complexity index is 813. The number of fused-ring (bicyclic) bond motifs is 2. The van der Waals surface area contributed by atoms with Gasteiger partial charge in [-0.3, -0.25) is 0 Å². The van der Waals surface area contributed by atoms with Crippen molar-refractivity contribution in [2.45, 2.75) is 19.9 Å². The van der Waals surface area contributed by atoms with Gasteiger partial charge in [-0.05, 0) is 19.3 Å². The van der Waals surface area contributed by atoms with E-state index in [0.717, 1.165) is 29.8 Å². The van der Waals surface area contributed by atoms with Crippen molar-refractivity contribution in [2.24, 2.45) is 11.8 Å². The van der Waals surface area contributed by atoms with E-state index in [1.54, 1.807) is 0 Å². The van der Waals surface area contributed by atoms with E-state index in [9.17, 15) is 0 Å². The highest BCUT2D eigenvalue weighted by atomic mass is 15.3. The van der Waals surface area contributed by atoms with Crippen molar-refractivity contribution in [2.75, 3.05) is 11.1 Å². The minimum absolute atomic E-state index is 0.387. The van der Waals surface area contributed by atoms with E-state index in [1.807, 2.05) is 11.6 Å². The number of nitrogen functional groups attached to an aromatic ring is 1. The van der Waals surface area contributed by atoms with Gasteiger partial charge < -0.3 is 11.1 Å². The van der Waals surface area contributed by atoms with E-state index in [-0.39, 0.29) is 0 Å². The van der Waals surface area contributed by atoms with Crippen molar-refractivity contribution >= 4 is 22.7 Å². The Morgan fingerprint density at radius 2 is 2.18 bits per heavy atom. The third kappa shape index (κ3) is 1.91. The molecule has 0 aliphatic heterocycles. The number of rotatable bonds is 3. The molecule has 0 saturated carbocycles. The summed E-state index contributed by atoms with van der Waals surface area (Å²) in [4.78, 5) is 8.41. The second-order valence-corrected chi connectivity index (χ2v) is 5.60. The monoisotopic (exact) mass is 294 g/mol. The van der Waals surface area contributed by atoms with E-state index in [1.165, 1.54) is 12.0 Å². The Labute approximate surface area is 128 Å². The van der Waals surface area contributed by atoms with Gasteiger partial charge in [0.25, 0.3) is 0 Å². The molecular weight excluding hydrogens is 276 g/mol. The van der Waals surface area contributed by atoms with E-state index in [4.69, 9.17) is 5.73 Å². The first-order valence-corrected chi connectivity index (χ1v) is 7.57. The van der Waals surface area contributed by atoms with Gasteiger partial charge in [-0.25, -0.2) is 14.6 Å². The summed E-state index contributed by atoms with van der Waals surface area (Å²) in [6.07, 6.45) is 13.5. The zero-order valence-corrected chi connectivity index (χ0v) is 12.4. The molecular formula is C16H18N6. The van der Waals surface area contributed by atoms with Crippen molar-refractivity contribution in [1.82, 2.24) is 19.7 Å². The molecule has 0 radical (unpaired) electrons. The third-order valence-electron chi connectivity index (χ3n) is 4.34. The van der Waals surface area contributed by atoms with E-state index < -0.39 is 0 Å². The molecule has 0 saturated heterocycles. The second-order valence-electron chi connectivity index (χ2n) is 5.60. The van der Waals surface area contributed by atoms with Gasteiger partial charge in [-0.1, -0.05) is 30.4 Å². The molecule has 22 heavy (non-hydrogen) atoms. The van der Waals surface area contributed by atoms with Crippen LogP contribution in [0.2, 0.25) is 0 Å². The number of nitrogens with zero attached hydrogens (tertiary/aromatic N) is 4. The number of aromatic nitrogens is 4. The number of anilines is 2. The zero-order valence-electron chi connectivity index (χ0n) is 12.4. The van der Waals surface area contributed by atoms with E-state index in [0.29, 0.717) is 17.7 Å². The molecule has 6 nitrogen and oxygen atoms in total. The quantitative estimate of drug-likeness (QED) is 0.909. The zero-order chi connectivity index (χ0) is 15.1. The topological polar surface area (TPSA) is 81.7 Å². The molecule has 0 spiro atoms. The predicted octanol–water partition coefficient (Wildman–Crippen LogP) is 2.49. The maximum atomic E-state index is 6.04. The number of hydrogen-bond acceptors (Lipinski definition) is 5. The van der Waals surface area contributed by atoms with Crippen LogP contribution in [0, 0.1) is 11.8 Å². The maximum absolute atomic E-state index is 6.04. The van der Waals surface area contributed by atoms with Gasteiger partial charge in [-0.2, -0.15) is 5.10 Å². The molecule has 2 atom stereocenters. The van der Waals surface area contributed by atoms with Gasteiger partial charge in [-0.15, -0.1) is 0 Å². The summed E-state index contributed by atoms with van der Waals surface area (Å²) in [5.74, 6) is 2.13. The van der Waals surface area contributed by atoms with Gasteiger partial charge in [0.2, 0.25) is 0 Å². The fourth-order valence-corrected chi connectivity index (χ4v) is 3.22. The summed E-state index contributed by atoms with van der Waals surface area (Å²) in [5.41, 5.74) is 7.99. The summed E-state index contributed by atoms with van der Waals surface area (Å²) in [5, 5.41) is 8.87. The van der Waals surface area contributed by atoms with Gasteiger partial charge in [0.05, 0.1) is 0 Å². The standard InChI is InChI=1S/C16H18N6/c1-2-22-16-13(14(17)18-9-19-16)15(21-22)20-12-8-7-10-5-3-4-6-11(10)12/h3-6,8-11H,2,7H2,1H3,(H,20,21)(H2,17,18,19). The number of allylic oxidation sites excluding steroid dienone is 5. The second kappa shape index (κ2) is 4.98. The summed E-state index contributed by atoms with van der Waals surface area (Å²) in [6, 6.07) is 0. The molecule has 2 aromatic rings. The lowest BCUT2D eigenvalue weighted by molar-refractivity contribution is 0.579. The average Bonchev–Trinajstić information content (AvgIpc) is 3.11. The molecule has 0 amide bonds. The number of hydrogen-bond donors (Lipinski definition) is 2. The summed E-state index contributed by atoms with van der Waals surface area (Å²) >= 11 is 0. The first-order valence-electron chi connectivity index (χ1n) is 7.57. The molecule has 3 N–H and O–H groups in total. The number of aryl methyl sites for hydroxylation is 1. The molecule has 2 unspecified atom stereocenters. The highest BCUT2D eigenvalue weighted by molar-refractivity contribution is 5.96. The van der Waals surface area contributed by atoms with Crippen molar-refractivity contribution in [3.63, 3.8) is 0 Å². The highest BCUT2D eigenvalue weighted by Crippen LogP contribution is 2.37. The van der Waals surface area contributed by atoms with Crippen LogP contribution in [0.4, 0.5) is 11.6 Å².